The predicted molar refractivity (Wildman–Crippen MR) is 64.5 cm³/mol. The highest BCUT2D eigenvalue weighted by atomic mass is 16.6. The van der Waals surface area contributed by atoms with Gasteiger partial charge in [0.2, 0.25) is 5.91 Å². The Morgan fingerprint density at radius 1 is 1.41 bits per heavy atom. The number of anilines is 1. The third kappa shape index (κ3) is 3.25. The zero-order chi connectivity index (χ0) is 13.0. The van der Waals surface area contributed by atoms with Crippen molar-refractivity contribution in [2.24, 2.45) is 11.7 Å². The summed E-state index contributed by atoms with van der Waals surface area (Å²) in [6.07, 6.45) is 0. The van der Waals surface area contributed by atoms with Crippen molar-refractivity contribution in [3.05, 3.63) is 34.4 Å². The molecule has 1 aromatic rings. The first-order chi connectivity index (χ1) is 7.93. The number of amides is 1. The molecule has 0 aliphatic heterocycles. The van der Waals surface area contributed by atoms with Gasteiger partial charge in [0.1, 0.15) is 5.69 Å². The molecule has 0 spiro atoms. The van der Waals surface area contributed by atoms with E-state index in [1.807, 2.05) is 13.8 Å². The molecule has 3 N–H and O–H groups in total. The number of nitrogens with two attached hydrogens (primary N) is 1. The molecule has 1 unspecified atom stereocenters. The van der Waals surface area contributed by atoms with Crippen LogP contribution in [0.3, 0.4) is 0 Å². The number of hydrogen-bond acceptors (Lipinski definition) is 4. The van der Waals surface area contributed by atoms with Crippen molar-refractivity contribution in [1.82, 2.24) is 0 Å². The van der Waals surface area contributed by atoms with Gasteiger partial charge in [-0.05, 0) is 12.0 Å². The van der Waals surface area contributed by atoms with E-state index in [4.69, 9.17) is 5.73 Å². The van der Waals surface area contributed by atoms with Crippen molar-refractivity contribution in [2.75, 3.05) is 5.32 Å². The van der Waals surface area contributed by atoms with Gasteiger partial charge in [0.25, 0.3) is 5.69 Å². The summed E-state index contributed by atoms with van der Waals surface area (Å²) < 4.78 is 0. The smallest absolute Gasteiger partial charge is 0.292 e. The van der Waals surface area contributed by atoms with Crippen LogP contribution < -0.4 is 11.1 Å². The Balaban J connectivity index is 2.89. The number of nitro groups is 1. The molecule has 0 bridgehead atoms. The Bertz CT molecular complexity index is 432. The number of carbonyl (C=O) groups is 1. The van der Waals surface area contributed by atoms with Crippen molar-refractivity contribution >= 4 is 17.3 Å². The fourth-order valence-electron chi connectivity index (χ4n) is 1.26. The van der Waals surface area contributed by atoms with Gasteiger partial charge in [-0.1, -0.05) is 26.0 Å². The summed E-state index contributed by atoms with van der Waals surface area (Å²) in [5, 5.41) is 13.2. The van der Waals surface area contributed by atoms with Crippen molar-refractivity contribution in [3.63, 3.8) is 0 Å². The topological polar surface area (TPSA) is 98.3 Å². The molecule has 0 aliphatic rings. The molecule has 1 rings (SSSR count). The fourth-order valence-corrected chi connectivity index (χ4v) is 1.26. The summed E-state index contributed by atoms with van der Waals surface area (Å²) in [4.78, 5) is 21.9. The Morgan fingerprint density at radius 3 is 2.53 bits per heavy atom. The summed E-state index contributed by atoms with van der Waals surface area (Å²) in [6.45, 7) is 3.62. The quantitative estimate of drug-likeness (QED) is 0.612. The van der Waals surface area contributed by atoms with Crippen molar-refractivity contribution in [1.29, 1.82) is 0 Å². The standard InChI is InChI=1S/C11H15N3O3/c1-7(2)10(12)11(15)13-8-5-3-4-6-9(8)14(16)17/h3-7,10H,12H2,1-2H3,(H,13,15). The number of para-hydroxylation sites is 2. The maximum atomic E-state index is 11.7. The number of nitrogens with zero attached hydrogens (tertiary/aromatic N) is 1. The third-order valence-corrected chi connectivity index (χ3v) is 2.38. The summed E-state index contributed by atoms with van der Waals surface area (Å²) in [6, 6.07) is 5.27. The van der Waals surface area contributed by atoms with E-state index in [0.717, 1.165) is 0 Å². The van der Waals surface area contributed by atoms with Gasteiger partial charge in [-0.15, -0.1) is 0 Å². The van der Waals surface area contributed by atoms with Crippen LogP contribution in [0.2, 0.25) is 0 Å². The van der Waals surface area contributed by atoms with Crippen LogP contribution >= 0.6 is 0 Å². The van der Waals surface area contributed by atoms with Crippen LogP contribution in [0.15, 0.2) is 24.3 Å². The maximum absolute atomic E-state index is 11.7. The van der Waals surface area contributed by atoms with Crippen molar-refractivity contribution in [2.45, 2.75) is 19.9 Å². The number of nitrogens with one attached hydrogen (secondary N) is 1. The molecule has 92 valence electrons. The van der Waals surface area contributed by atoms with Crippen LogP contribution in [0.25, 0.3) is 0 Å². The fraction of sp³-hybridized carbons (Fsp3) is 0.364. The Kier molecular flexibility index (Phi) is 4.17. The molecule has 0 radical (unpaired) electrons. The van der Waals surface area contributed by atoms with E-state index in [-0.39, 0.29) is 17.3 Å². The monoisotopic (exact) mass is 237 g/mol. The number of benzene rings is 1. The van der Waals surface area contributed by atoms with Crippen LogP contribution in [0.4, 0.5) is 11.4 Å². The maximum Gasteiger partial charge on any atom is 0.292 e. The second-order valence-corrected chi connectivity index (χ2v) is 4.03. The van der Waals surface area contributed by atoms with Crippen LogP contribution in [0.5, 0.6) is 0 Å². The molecule has 0 aromatic heterocycles. The highest BCUT2D eigenvalue weighted by Crippen LogP contribution is 2.23. The largest absolute Gasteiger partial charge is 0.320 e. The molecule has 0 fully saturated rings. The number of hydrogen-bond donors (Lipinski definition) is 2. The Hall–Kier alpha value is -1.95. The predicted octanol–water partition coefficient (Wildman–Crippen LogP) is 1.52. The van der Waals surface area contributed by atoms with E-state index < -0.39 is 16.9 Å². The lowest BCUT2D eigenvalue weighted by atomic mass is 10.0. The van der Waals surface area contributed by atoms with Gasteiger partial charge in [0.05, 0.1) is 11.0 Å². The van der Waals surface area contributed by atoms with Gasteiger partial charge in [-0.3, -0.25) is 14.9 Å². The molecule has 0 saturated carbocycles. The average Bonchev–Trinajstić information content (AvgIpc) is 2.28. The summed E-state index contributed by atoms with van der Waals surface area (Å²) in [5.74, 6) is -0.452. The minimum absolute atomic E-state index is 0.0298. The minimum Gasteiger partial charge on any atom is -0.320 e. The van der Waals surface area contributed by atoms with Gasteiger partial charge in [0.15, 0.2) is 0 Å². The molecular formula is C11H15N3O3. The van der Waals surface area contributed by atoms with Gasteiger partial charge in [0, 0.05) is 6.07 Å². The minimum atomic E-state index is -0.685. The summed E-state index contributed by atoms with van der Waals surface area (Å²) >= 11 is 0. The SMILES string of the molecule is CC(C)C(N)C(=O)Nc1ccccc1[N+](=O)[O-]. The van der Waals surface area contributed by atoms with E-state index in [0.29, 0.717) is 0 Å². The summed E-state index contributed by atoms with van der Waals surface area (Å²) in [5.41, 5.74) is 5.68. The van der Waals surface area contributed by atoms with Gasteiger partial charge < -0.3 is 11.1 Å². The van der Waals surface area contributed by atoms with E-state index >= 15 is 0 Å². The lowest BCUT2D eigenvalue weighted by Crippen LogP contribution is -2.39. The second-order valence-electron chi connectivity index (χ2n) is 4.03. The van der Waals surface area contributed by atoms with E-state index in [9.17, 15) is 14.9 Å². The Morgan fingerprint density at radius 2 is 2.00 bits per heavy atom. The van der Waals surface area contributed by atoms with Gasteiger partial charge >= 0.3 is 0 Å². The number of nitro benzene ring substituents is 1. The van der Waals surface area contributed by atoms with Crippen molar-refractivity contribution in [3.8, 4) is 0 Å². The van der Waals surface area contributed by atoms with E-state index in [1.54, 1.807) is 6.07 Å². The summed E-state index contributed by atoms with van der Waals surface area (Å²) in [7, 11) is 0. The molecule has 6 heteroatoms. The normalized spacial score (nSPS) is 12.2. The first-order valence-electron chi connectivity index (χ1n) is 5.23. The van der Waals surface area contributed by atoms with Crippen LogP contribution in [0, 0.1) is 16.0 Å². The number of rotatable bonds is 4. The Labute approximate surface area is 99.0 Å². The van der Waals surface area contributed by atoms with E-state index in [1.165, 1.54) is 18.2 Å². The van der Waals surface area contributed by atoms with Crippen LogP contribution in [-0.4, -0.2) is 16.9 Å². The highest BCUT2D eigenvalue weighted by Gasteiger charge is 2.20. The van der Waals surface area contributed by atoms with Crippen LogP contribution in [0.1, 0.15) is 13.8 Å². The molecule has 17 heavy (non-hydrogen) atoms. The third-order valence-electron chi connectivity index (χ3n) is 2.38. The molecule has 0 heterocycles. The zero-order valence-electron chi connectivity index (χ0n) is 9.71. The molecule has 0 aliphatic carbocycles. The zero-order valence-corrected chi connectivity index (χ0v) is 9.71. The van der Waals surface area contributed by atoms with E-state index in [2.05, 4.69) is 5.32 Å². The molecular weight excluding hydrogens is 222 g/mol. The molecule has 0 saturated heterocycles. The molecule has 1 atom stereocenters. The second kappa shape index (κ2) is 5.40. The van der Waals surface area contributed by atoms with Gasteiger partial charge in [-0.25, -0.2) is 0 Å². The first-order valence-corrected chi connectivity index (χ1v) is 5.23. The lowest BCUT2D eigenvalue weighted by Gasteiger charge is -2.15. The number of carbonyl (C=O) groups excluding carboxylic acids is 1. The van der Waals surface area contributed by atoms with Crippen LogP contribution in [-0.2, 0) is 4.79 Å². The first kappa shape index (κ1) is 13.1. The van der Waals surface area contributed by atoms with Crippen molar-refractivity contribution < 1.29 is 9.72 Å². The molecule has 6 nitrogen and oxygen atoms in total. The highest BCUT2D eigenvalue weighted by molar-refractivity contribution is 5.96. The molecule has 1 amide bonds. The van der Waals surface area contributed by atoms with Gasteiger partial charge in [-0.2, -0.15) is 0 Å². The molecule has 1 aromatic carbocycles. The average molecular weight is 237 g/mol. The lowest BCUT2D eigenvalue weighted by molar-refractivity contribution is -0.383.